The average molecular weight is 356 g/mol. The molecule has 5 nitrogen and oxygen atoms in total. The first kappa shape index (κ1) is 18.7. The molecule has 0 aliphatic carbocycles. The number of carbonyl (C=O) groups excluding carboxylic acids is 1. The third-order valence-corrected chi connectivity index (χ3v) is 4.95. The second kappa shape index (κ2) is 8.52. The summed E-state index contributed by atoms with van der Waals surface area (Å²) < 4.78 is 5.51. The molecule has 1 amide bonds. The number of hydrogen-bond donors (Lipinski definition) is 2. The van der Waals surface area contributed by atoms with E-state index >= 15 is 0 Å². The number of aryl methyl sites for hydroxylation is 2. The van der Waals surface area contributed by atoms with Gasteiger partial charge in [0, 0.05) is 19.6 Å². The number of piperidine rings is 1. The van der Waals surface area contributed by atoms with Gasteiger partial charge in [0.1, 0.15) is 11.5 Å². The van der Waals surface area contributed by atoms with E-state index in [0.717, 1.165) is 37.3 Å². The maximum Gasteiger partial charge on any atom is 0.255 e. The van der Waals surface area contributed by atoms with E-state index < -0.39 is 5.60 Å². The number of nitrogens with zero attached hydrogens (tertiary/aromatic N) is 1. The summed E-state index contributed by atoms with van der Waals surface area (Å²) in [4.78, 5) is 14.6. The standard InChI is InChI=1S/C21H28N2O3/c1-17-10-11-19(26-17)15-22-16-21(25)12-6-14-23(20(21)24)13-5-9-18-7-3-2-4-8-18/h2-4,7-8,10-11,22,25H,5-6,9,12-16H2,1H3/t21-/m1/s1. The van der Waals surface area contributed by atoms with Crippen LogP contribution < -0.4 is 5.32 Å². The van der Waals surface area contributed by atoms with Crippen LogP contribution in [0, 0.1) is 6.92 Å². The van der Waals surface area contributed by atoms with Crippen LogP contribution >= 0.6 is 0 Å². The monoisotopic (exact) mass is 356 g/mol. The van der Waals surface area contributed by atoms with E-state index in [9.17, 15) is 9.90 Å². The zero-order valence-corrected chi connectivity index (χ0v) is 15.4. The lowest BCUT2D eigenvalue weighted by Gasteiger charge is -2.38. The highest BCUT2D eigenvalue weighted by Crippen LogP contribution is 2.23. The molecule has 0 radical (unpaired) electrons. The van der Waals surface area contributed by atoms with E-state index in [1.165, 1.54) is 5.56 Å². The number of carbonyl (C=O) groups is 1. The molecule has 1 fully saturated rings. The van der Waals surface area contributed by atoms with E-state index in [4.69, 9.17) is 4.42 Å². The highest BCUT2D eigenvalue weighted by Gasteiger charge is 2.41. The Morgan fingerprint density at radius 1 is 1.23 bits per heavy atom. The molecule has 2 heterocycles. The third kappa shape index (κ3) is 4.74. The summed E-state index contributed by atoms with van der Waals surface area (Å²) in [7, 11) is 0. The molecule has 140 valence electrons. The molecule has 1 aliphatic heterocycles. The smallest absolute Gasteiger partial charge is 0.255 e. The Labute approximate surface area is 155 Å². The van der Waals surface area contributed by atoms with Crippen LogP contribution in [-0.4, -0.2) is 41.1 Å². The van der Waals surface area contributed by atoms with Gasteiger partial charge < -0.3 is 19.7 Å². The van der Waals surface area contributed by atoms with Crippen molar-refractivity contribution in [3.8, 4) is 0 Å². The van der Waals surface area contributed by atoms with Crippen LogP contribution in [0.1, 0.15) is 36.3 Å². The van der Waals surface area contributed by atoms with Crippen molar-refractivity contribution in [2.45, 2.75) is 44.8 Å². The van der Waals surface area contributed by atoms with Gasteiger partial charge in [-0.25, -0.2) is 0 Å². The predicted molar refractivity (Wildman–Crippen MR) is 101 cm³/mol. The summed E-state index contributed by atoms with van der Waals surface area (Å²) in [5.74, 6) is 1.52. The first-order valence-corrected chi connectivity index (χ1v) is 9.38. The van der Waals surface area contributed by atoms with Crippen molar-refractivity contribution in [3.63, 3.8) is 0 Å². The topological polar surface area (TPSA) is 65.7 Å². The second-order valence-corrected chi connectivity index (χ2v) is 7.13. The molecule has 1 aromatic carbocycles. The van der Waals surface area contributed by atoms with E-state index in [0.29, 0.717) is 19.5 Å². The zero-order chi connectivity index (χ0) is 18.4. The summed E-state index contributed by atoms with van der Waals surface area (Å²) in [6.07, 6.45) is 3.18. The molecular formula is C21H28N2O3. The fraction of sp³-hybridized carbons (Fsp3) is 0.476. The summed E-state index contributed by atoms with van der Waals surface area (Å²) >= 11 is 0. The Morgan fingerprint density at radius 3 is 2.77 bits per heavy atom. The van der Waals surface area contributed by atoms with Crippen molar-refractivity contribution in [2.75, 3.05) is 19.6 Å². The molecule has 1 aliphatic rings. The van der Waals surface area contributed by atoms with Gasteiger partial charge in [0.25, 0.3) is 5.91 Å². The Balaban J connectivity index is 1.47. The van der Waals surface area contributed by atoms with Crippen LogP contribution in [0.4, 0.5) is 0 Å². The lowest BCUT2D eigenvalue weighted by Crippen LogP contribution is -2.58. The van der Waals surface area contributed by atoms with Gasteiger partial charge >= 0.3 is 0 Å². The van der Waals surface area contributed by atoms with Crippen LogP contribution in [0.3, 0.4) is 0 Å². The number of hydrogen-bond acceptors (Lipinski definition) is 4. The molecule has 1 atom stereocenters. The minimum Gasteiger partial charge on any atom is -0.465 e. The lowest BCUT2D eigenvalue weighted by molar-refractivity contribution is -0.156. The Morgan fingerprint density at radius 2 is 2.04 bits per heavy atom. The number of nitrogens with one attached hydrogen (secondary N) is 1. The number of aliphatic hydroxyl groups is 1. The first-order chi connectivity index (χ1) is 12.6. The van der Waals surface area contributed by atoms with Crippen molar-refractivity contribution in [3.05, 3.63) is 59.5 Å². The molecule has 26 heavy (non-hydrogen) atoms. The highest BCUT2D eigenvalue weighted by atomic mass is 16.3. The number of rotatable bonds is 8. The second-order valence-electron chi connectivity index (χ2n) is 7.13. The maximum atomic E-state index is 12.7. The van der Waals surface area contributed by atoms with Crippen molar-refractivity contribution >= 4 is 5.91 Å². The molecule has 5 heteroatoms. The predicted octanol–water partition coefficient (Wildman–Crippen LogP) is 2.66. The van der Waals surface area contributed by atoms with Crippen LogP contribution in [-0.2, 0) is 17.8 Å². The van der Waals surface area contributed by atoms with Crippen LogP contribution in [0.25, 0.3) is 0 Å². The lowest BCUT2D eigenvalue weighted by atomic mass is 9.91. The SMILES string of the molecule is Cc1ccc(CNC[C@]2(O)CCCN(CCCc3ccccc3)C2=O)o1. The average Bonchev–Trinajstić information content (AvgIpc) is 3.05. The van der Waals surface area contributed by atoms with Gasteiger partial charge in [0.05, 0.1) is 6.54 Å². The minimum atomic E-state index is -1.31. The summed E-state index contributed by atoms with van der Waals surface area (Å²) in [5, 5.41) is 14.0. The van der Waals surface area contributed by atoms with Gasteiger partial charge in [-0.1, -0.05) is 30.3 Å². The summed E-state index contributed by atoms with van der Waals surface area (Å²) in [5.41, 5.74) is -0.0327. The minimum absolute atomic E-state index is 0.153. The molecular weight excluding hydrogens is 328 g/mol. The fourth-order valence-corrected chi connectivity index (χ4v) is 3.53. The van der Waals surface area contributed by atoms with Crippen molar-refractivity contribution in [1.82, 2.24) is 10.2 Å². The van der Waals surface area contributed by atoms with E-state index in [2.05, 4.69) is 17.4 Å². The van der Waals surface area contributed by atoms with Crippen LogP contribution in [0.5, 0.6) is 0 Å². The maximum absolute atomic E-state index is 12.7. The third-order valence-electron chi connectivity index (χ3n) is 4.95. The van der Waals surface area contributed by atoms with Gasteiger partial charge in [0.2, 0.25) is 0 Å². The normalized spacial score (nSPS) is 20.5. The first-order valence-electron chi connectivity index (χ1n) is 9.38. The van der Waals surface area contributed by atoms with Crippen molar-refractivity contribution in [2.24, 2.45) is 0 Å². The van der Waals surface area contributed by atoms with Crippen molar-refractivity contribution < 1.29 is 14.3 Å². The molecule has 0 bridgehead atoms. The number of likely N-dealkylation sites (tertiary alicyclic amines) is 1. The van der Waals surface area contributed by atoms with Gasteiger partial charge in [-0.15, -0.1) is 0 Å². The van der Waals surface area contributed by atoms with Crippen molar-refractivity contribution in [1.29, 1.82) is 0 Å². The Hall–Kier alpha value is -2.11. The molecule has 0 saturated carbocycles. The van der Waals surface area contributed by atoms with Gasteiger partial charge in [0.15, 0.2) is 5.60 Å². The van der Waals surface area contributed by atoms with Gasteiger partial charge in [-0.3, -0.25) is 4.79 Å². The number of amides is 1. The summed E-state index contributed by atoms with van der Waals surface area (Å²) in [6.45, 7) is 4.08. The van der Waals surface area contributed by atoms with E-state index in [1.54, 1.807) is 0 Å². The van der Waals surface area contributed by atoms with E-state index in [-0.39, 0.29) is 12.5 Å². The Bertz CT molecular complexity index is 713. The highest BCUT2D eigenvalue weighted by molar-refractivity contribution is 5.86. The van der Waals surface area contributed by atoms with E-state index in [1.807, 2.05) is 42.2 Å². The Kier molecular flexibility index (Phi) is 6.12. The van der Waals surface area contributed by atoms with Gasteiger partial charge in [-0.05, 0) is 50.3 Å². The largest absolute Gasteiger partial charge is 0.465 e. The fourth-order valence-electron chi connectivity index (χ4n) is 3.53. The molecule has 2 aromatic rings. The van der Waals surface area contributed by atoms with Crippen LogP contribution in [0.2, 0.25) is 0 Å². The quantitative estimate of drug-likeness (QED) is 0.763. The number of benzene rings is 1. The molecule has 0 unspecified atom stereocenters. The zero-order valence-electron chi connectivity index (χ0n) is 15.4. The molecule has 0 spiro atoms. The molecule has 1 saturated heterocycles. The summed E-state index contributed by atoms with van der Waals surface area (Å²) in [6, 6.07) is 14.1. The van der Waals surface area contributed by atoms with Gasteiger partial charge in [-0.2, -0.15) is 0 Å². The molecule has 1 aromatic heterocycles. The molecule has 3 rings (SSSR count). The van der Waals surface area contributed by atoms with Crippen LogP contribution in [0.15, 0.2) is 46.9 Å². The molecule has 2 N–H and O–H groups in total. The number of furan rings is 1.